The molecule has 0 aliphatic carbocycles. The van der Waals surface area contributed by atoms with E-state index in [-0.39, 0.29) is 12.5 Å². The highest BCUT2D eigenvalue weighted by molar-refractivity contribution is 8.27. The summed E-state index contributed by atoms with van der Waals surface area (Å²) in [5, 5.41) is 0.353. The van der Waals surface area contributed by atoms with Gasteiger partial charge < -0.3 is 9.47 Å². The van der Waals surface area contributed by atoms with Gasteiger partial charge in [0.25, 0.3) is 5.91 Å². The Morgan fingerprint density at radius 2 is 2.04 bits per heavy atom. The predicted molar refractivity (Wildman–Crippen MR) is 119 cm³/mol. The van der Waals surface area contributed by atoms with Crippen molar-refractivity contribution in [3.63, 3.8) is 0 Å². The van der Waals surface area contributed by atoms with Gasteiger partial charge in [0.15, 0.2) is 15.8 Å². The van der Waals surface area contributed by atoms with Gasteiger partial charge in [0, 0.05) is 0 Å². The van der Waals surface area contributed by atoms with Crippen molar-refractivity contribution in [2.45, 2.75) is 6.92 Å². The minimum Gasteiger partial charge on any atom is -0.490 e. The molecule has 0 unspecified atom stereocenters. The number of ether oxygens (including phenoxy) is 2. The third-order valence-corrected chi connectivity index (χ3v) is 5.32. The second kappa shape index (κ2) is 9.16. The average Bonchev–Trinajstić information content (AvgIpc) is 2.95. The fourth-order valence-electron chi connectivity index (χ4n) is 2.61. The van der Waals surface area contributed by atoms with E-state index in [1.807, 2.05) is 37.3 Å². The minimum atomic E-state index is -0.178. The molecular formula is C21H16ClNO3S2. The Bertz CT molecular complexity index is 983. The van der Waals surface area contributed by atoms with Gasteiger partial charge in [0.1, 0.15) is 6.61 Å². The number of thiocarbonyl (C=S) groups is 1. The van der Waals surface area contributed by atoms with Crippen LogP contribution < -0.4 is 14.4 Å². The molecule has 28 heavy (non-hydrogen) atoms. The Labute approximate surface area is 178 Å². The molecule has 1 saturated heterocycles. The van der Waals surface area contributed by atoms with Gasteiger partial charge >= 0.3 is 0 Å². The highest BCUT2D eigenvalue weighted by Gasteiger charge is 2.33. The highest BCUT2D eigenvalue weighted by atomic mass is 35.5. The lowest BCUT2D eigenvalue weighted by atomic mass is 10.1. The molecule has 0 spiro atoms. The van der Waals surface area contributed by atoms with Gasteiger partial charge in [-0.1, -0.05) is 59.7 Å². The number of para-hydroxylation sites is 1. The Morgan fingerprint density at radius 1 is 1.29 bits per heavy atom. The van der Waals surface area contributed by atoms with Crippen molar-refractivity contribution in [1.82, 2.24) is 0 Å². The van der Waals surface area contributed by atoms with Crippen LogP contribution in [-0.4, -0.2) is 23.4 Å². The fraction of sp³-hybridized carbons (Fsp3) is 0.143. The van der Waals surface area contributed by atoms with E-state index in [0.717, 1.165) is 5.69 Å². The number of rotatable bonds is 6. The van der Waals surface area contributed by atoms with E-state index in [1.165, 1.54) is 16.7 Å². The number of hydrogen-bond acceptors (Lipinski definition) is 5. The van der Waals surface area contributed by atoms with Crippen molar-refractivity contribution >= 4 is 57.6 Å². The number of hydrogen-bond donors (Lipinski definition) is 0. The smallest absolute Gasteiger partial charge is 0.270 e. The molecule has 0 saturated carbocycles. The lowest BCUT2D eigenvalue weighted by Crippen LogP contribution is -2.27. The molecule has 0 aromatic heterocycles. The summed E-state index contributed by atoms with van der Waals surface area (Å²) in [5.41, 5.74) is 1.44. The van der Waals surface area contributed by atoms with Crippen LogP contribution in [0.1, 0.15) is 12.5 Å². The van der Waals surface area contributed by atoms with E-state index in [0.29, 0.717) is 37.9 Å². The average molecular weight is 430 g/mol. The van der Waals surface area contributed by atoms with Crippen molar-refractivity contribution in [1.29, 1.82) is 0 Å². The molecule has 142 valence electrons. The van der Waals surface area contributed by atoms with Crippen molar-refractivity contribution in [2.24, 2.45) is 0 Å². The van der Waals surface area contributed by atoms with Crippen molar-refractivity contribution in [2.75, 3.05) is 18.1 Å². The molecule has 0 radical (unpaired) electrons. The summed E-state index contributed by atoms with van der Waals surface area (Å²) in [6.07, 6.45) is 6.99. The number of thioether (sulfide) groups is 1. The van der Waals surface area contributed by atoms with Gasteiger partial charge in [-0.2, -0.15) is 0 Å². The van der Waals surface area contributed by atoms with Crippen molar-refractivity contribution in [3.05, 3.63) is 58.0 Å². The molecule has 0 atom stereocenters. The van der Waals surface area contributed by atoms with Crippen LogP contribution in [0.3, 0.4) is 0 Å². The van der Waals surface area contributed by atoms with Crippen LogP contribution in [0, 0.1) is 12.3 Å². The zero-order chi connectivity index (χ0) is 20.1. The minimum absolute atomic E-state index is 0.0782. The third-order valence-electron chi connectivity index (χ3n) is 3.74. The number of carbonyl (C=O) groups is 1. The van der Waals surface area contributed by atoms with E-state index in [4.69, 9.17) is 39.7 Å². The lowest BCUT2D eigenvalue weighted by molar-refractivity contribution is -0.113. The number of halogens is 1. The van der Waals surface area contributed by atoms with Gasteiger partial charge in [0.2, 0.25) is 0 Å². The number of amides is 1. The van der Waals surface area contributed by atoms with Gasteiger partial charge in [-0.3, -0.25) is 9.69 Å². The number of nitrogens with zero attached hydrogens (tertiary/aromatic N) is 1. The van der Waals surface area contributed by atoms with Gasteiger partial charge in [-0.05, 0) is 42.8 Å². The SMILES string of the molecule is C#CCOc1c(Cl)cc(/C=C2/SC(=S)N(c3ccccc3)C2=O)cc1OCC. The molecule has 7 heteroatoms. The van der Waals surface area contributed by atoms with Crippen LogP contribution in [-0.2, 0) is 4.79 Å². The van der Waals surface area contributed by atoms with Gasteiger partial charge in [0.05, 0.1) is 22.2 Å². The monoisotopic (exact) mass is 429 g/mol. The molecule has 1 aliphatic rings. The topological polar surface area (TPSA) is 38.8 Å². The van der Waals surface area contributed by atoms with Crippen molar-refractivity contribution < 1.29 is 14.3 Å². The molecule has 0 bridgehead atoms. The fourth-order valence-corrected chi connectivity index (χ4v) is 4.18. The molecular weight excluding hydrogens is 414 g/mol. The maximum Gasteiger partial charge on any atom is 0.270 e. The van der Waals surface area contributed by atoms with Crippen LogP contribution in [0.25, 0.3) is 6.08 Å². The molecule has 1 fully saturated rings. The van der Waals surface area contributed by atoms with E-state index in [2.05, 4.69) is 5.92 Å². The number of terminal acetylenes is 1. The summed E-state index contributed by atoms with van der Waals surface area (Å²) < 4.78 is 11.6. The molecule has 1 aliphatic heterocycles. The Morgan fingerprint density at radius 3 is 2.71 bits per heavy atom. The number of benzene rings is 2. The Kier molecular flexibility index (Phi) is 6.63. The highest BCUT2D eigenvalue weighted by Crippen LogP contribution is 2.40. The molecule has 1 heterocycles. The number of carbonyl (C=O) groups excluding carboxylic acids is 1. The first-order valence-electron chi connectivity index (χ1n) is 8.40. The summed E-state index contributed by atoms with van der Waals surface area (Å²) >= 11 is 13.0. The van der Waals surface area contributed by atoms with Crippen molar-refractivity contribution in [3.8, 4) is 23.8 Å². The summed E-state index contributed by atoms with van der Waals surface area (Å²) in [4.78, 5) is 14.9. The standard InChI is InChI=1S/C21H16ClNO3S2/c1-3-10-26-19-16(22)11-14(12-17(19)25-4-2)13-18-20(24)23(21(27)28-18)15-8-6-5-7-9-15/h1,5-9,11-13H,4,10H2,2H3/b18-13+. The molecule has 1 amide bonds. The zero-order valence-electron chi connectivity index (χ0n) is 15.0. The normalized spacial score (nSPS) is 15.0. The maximum absolute atomic E-state index is 12.9. The quantitative estimate of drug-likeness (QED) is 0.360. The van der Waals surface area contributed by atoms with Gasteiger partial charge in [-0.15, -0.1) is 6.42 Å². The number of anilines is 1. The lowest BCUT2D eigenvalue weighted by Gasteiger charge is -2.14. The van der Waals surface area contributed by atoms with E-state index < -0.39 is 0 Å². The van der Waals surface area contributed by atoms with E-state index in [9.17, 15) is 4.79 Å². The van der Waals surface area contributed by atoms with Crippen LogP contribution >= 0.6 is 35.6 Å². The van der Waals surface area contributed by atoms with Crippen LogP contribution in [0.2, 0.25) is 5.02 Å². The van der Waals surface area contributed by atoms with Crippen LogP contribution in [0.5, 0.6) is 11.5 Å². The largest absolute Gasteiger partial charge is 0.490 e. The van der Waals surface area contributed by atoms with Gasteiger partial charge in [-0.25, -0.2) is 0 Å². The Hall–Kier alpha value is -2.46. The second-order valence-electron chi connectivity index (χ2n) is 5.61. The maximum atomic E-state index is 12.9. The predicted octanol–water partition coefficient (Wildman–Crippen LogP) is 5.16. The van der Waals surface area contributed by atoms with E-state index in [1.54, 1.807) is 18.2 Å². The van der Waals surface area contributed by atoms with Crippen LogP contribution in [0.4, 0.5) is 5.69 Å². The first kappa shape index (κ1) is 20.3. The summed E-state index contributed by atoms with van der Waals surface area (Å²) in [5.74, 6) is 3.08. The summed E-state index contributed by atoms with van der Waals surface area (Å²) in [6.45, 7) is 2.37. The second-order valence-corrected chi connectivity index (χ2v) is 7.69. The molecule has 2 aromatic carbocycles. The third kappa shape index (κ3) is 4.33. The molecule has 0 N–H and O–H groups in total. The molecule has 2 aromatic rings. The summed E-state index contributed by atoms with van der Waals surface area (Å²) in [7, 11) is 0. The zero-order valence-corrected chi connectivity index (χ0v) is 17.4. The first-order chi connectivity index (χ1) is 13.5. The Balaban J connectivity index is 1.94. The van der Waals surface area contributed by atoms with Crippen LogP contribution in [0.15, 0.2) is 47.4 Å². The molecule has 3 rings (SSSR count). The molecule has 4 nitrogen and oxygen atoms in total. The summed E-state index contributed by atoms with van der Waals surface area (Å²) in [6, 6.07) is 12.8. The first-order valence-corrected chi connectivity index (χ1v) is 10.0. The van der Waals surface area contributed by atoms with E-state index >= 15 is 0 Å².